The Morgan fingerprint density at radius 3 is 2.73 bits per heavy atom. The van der Waals surface area contributed by atoms with Gasteiger partial charge < -0.3 is 10.4 Å². The molecule has 0 atom stereocenters. The molecule has 1 amide bonds. The summed E-state index contributed by atoms with van der Waals surface area (Å²) in [6.07, 6.45) is 0. The van der Waals surface area contributed by atoms with E-state index in [-0.39, 0.29) is 12.3 Å². The number of carbonyl (C=O) groups is 1. The molecule has 80 valence electrons. The van der Waals surface area contributed by atoms with Crippen LogP contribution in [0.25, 0.3) is 0 Å². The zero-order valence-corrected chi connectivity index (χ0v) is 7.76. The molecule has 0 aromatic heterocycles. The molecule has 0 bridgehead atoms. The maximum atomic E-state index is 13.0. The Labute approximate surface area is 85.0 Å². The summed E-state index contributed by atoms with van der Waals surface area (Å²) in [5, 5.41) is 10.9. The summed E-state index contributed by atoms with van der Waals surface area (Å²) < 4.78 is 25.7. The Kier molecular flexibility index (Phi) is 3.38. The molecule has 0 radical (unpaired) electrons. The molecule has 0 aliphatic heterocycles. The monoisotopic (exact) mass is 213 g/mol. The quantitative estimate of drug-likeness (QED) is 0.752. The van der Waals surface area contributed by atoms with Crippen LogP contribution in [0.1, 0.15) is 10.4 Å². The van der Waals surface area contributed by atoms with Crippen molar-refractivity contribution >= 4 is 5.91 Å². The lowest BCUT2D eigenvalue weighted by Crippen LogP contribution is -2.26. The Balaban J connectivity index is 2.81. The number of carbonyl (C=O) groups excluding carboxylic acids is 1. The highest BCUT2D eigenvalue weighted by Gasteiger charge is 2.12. The molecule has 0 spiro atoms. The fourth-order valence-electron chi connectivity index (χ4n) is 0.949. The van der Waals surface area contributed by atoms with E-state index in [4.69, 9.17) is 5.11 Å². The van der Waals surface area contributed by atoms with Crippen LogP contribution < -0.4 is 5.32 Å². The van der Waals surface area contributed by atoms with E-state index in [1.807, 2.05) is 0 Å². The van der Waals surface area contributed by atoms with Gasteiger partial charge in [0.1, 0.15) is 17.4 Å². The van der Waals surface area contributed by atoms with Crippen LogP contribution in [-0.2, 0) is 0 Å². The molecule has 0 unspecified atom stereocenters. The summed E-state index contributed by atoms with van der Waals surface area (Å²) in [7, 11) is 0. The molecule has 3 nitrogen and oxygen atoms in total. The van der Waals surface area contributed by atoms with E-state index in [9.17, 15) is 13.6 Å². The van der Waals surface area contributed by atoms with Gasteiger partial charge in [-0.15, -0.1) is 0 Å². The SMILES string of the molecule is C=C(O)CNC(=O)c1cc(F)ccc1F. The Hall–Kier alpha value is -1.91. The van der Waals surface area contributed by atoms with Crippen molar-refractivity contribution in [3.05, 3.63) is 47.7 Å². The summed E-state index contributed by atoms with van der Waals surface area (Å²) in [5.74, 6) is -2.59. The van der Waals surface area contributed by atoms with Gasteiger partial charge in [-0.1, -0.05) is 6.58 Å². The fraction of sp³-hybridized carbons (Fsp3) is 0.100. The van der Waals surface area contributed by atoms with Gasteiger partial charge in [0.05, 0.1) is 12.1 Å². The smallest absolute Gasteiger partial charge is 0.254 e. The van der Waals surface area contributed by atoms with Crippen LogP contribution in [0.2, 0.25) is 0 Å². The normalized spacial score (nSPS) is 9.73. The van der Waals surface area contributed by atoms with Crippen molar-refractivity contribution in [2.45, 2.75) is 0 Å². The molecule has 15 heavy (non-hydrogen) atoms. The molecule has 1 aromatic carbocycles. The topological polar surface area (TPSA) is 49.3 Å². The molecule has 2 N–H and O–H groups in total. The predicted molar refractivity (Wildman–Crippen MR) is 50.5 cm³/mol. The van der Waals surface area contributed by atoms with Crippen LogP contribution >= 0.6 is 0 Å². The van der Waals surface area contributed by atoms with Crippen LogP contribution in [0.3, 0.4) is 0 Å². The van der Waals surface area contributed by atoms with Crippen LogP contribution in [-0.4, -0.2) is 17.6 Å². The van der Waals surface area contributed by atoms with Crippen molar-refractivity contribution in [1.29, 1.82) is 0 Å². The summed E-state index contributed by atoms with van der Waals surface area (Å²) in [4.78, 5) is 11.3. The van der Waals surface area contributed by atoms with E-state index < -0.39 is 23.1 Å². The average Bonchev–Trinajstić information content (AvgIpc) is 2.18. The molecule has 1 rings (SSSR count). The molecule has 0 aliphatic carbocycles. The van der Waals surface area contributed by atoms with E-state index in [1.165, 1.54) is 0 Å². The Morgan fingerprint density at radius 2 is 2.13 bits per heavy atom. The van der Waals surface area contributed by atoms with Crippen molar-refractivity contribution in [3.63, 3.8) is 0 Å². The number of hydrogen-bond acceptors (Lipinski definition) is 2. The number of aliphatic hydroxyl groups excluding tert-OH is 1. The fourth-order valence-corrected chi connectivity index (χ4v) is 0.949. The molecule has 0 aliphatic rings. The summed E-state index contributed by atoms with van der Waals surface area (Å²) in [6.45, 7) is 2.93. The zero-order chi connectivity index (χ0) is 11.4. The molecule has 5 heteroatoms. The second-order valence-electron chi connectivity index (χ2n) is 2.87. The first-order valence-corrected chi connectivity index (χ1v) is 4.10. The summed E-state index contributed by atoms with van der Waals surface area (Å²) in [5.41, 5.74) is -0.406. The van der Waals surface area contributed by atoms with Gasteiger partial charge >= 0.3 is 0 Å². The second-order valence-corrected chi connectivity index (χ2v) is 2.87. The third-order valence-corrected chi connectivity index (χ3v) is 1.63. The number of rotatable bonds is 3. The van der Waals surface area contributed by atoms with Crippen LogP contribution in [0.4, 0.5) is 8.78 Å². The third kappa shape index (κ3) is 3.05. The highest BCUT2D eigenvalue weighted by atomic mass is 19.1. The second kappa shape index (κ2) is 4.54. The predicted octanol–water partition coefficient (Wildman–Crippen LogP) is 1.77. The first-order chi connectivity index (χ1) is 7.00. The Morgan fingerprint density at radius 1 is 1.47 bits per heavy atom. The number of nitrogens with one attached hydrogen (secondary N) is 1. The zero-order valence-electron chi connectivity index (χ0n) is 7.76. The van der Waals surface area contributed by atoms with Gasteiger partial charge in [0.25, 0.3) is 5.91 Å². The van der Waals surface area contributed by atoms with E-state index in [0.29, 0.717) is 0 Å². The number of benzene rings is 1. The molecule has 0 saturated heterocycles. The van der Waals surface area contributed by atoms with Crippen LogP contribution in [0.15, 0.2) is 30.5 Å². The lowest BCUT2D eigenvalue weighted by Gasteiger charge is -2.04. The van der Waals surface area contributed by atoms with E-state index in [2.05, 4.69) is 11.9 Å². The highest BCUT2D eigenvalue weighted by Crippen LogP contribution is 2.09. The molecular formula is C10H9F2NO2. The van der Waals surface area contributed by atoms with Gasteiger partial charge in [-0.2, -0.15) is 0 Å². The van der Waals surface area contributed by atoms with Gasteiger partial charge in [-0.3, -0.25) is 4.79 Å². The molecule has 0 heterocycles. The Bertz CT molecular complexity index is 404. The summed E-state index contributed by atoms with van der Waals surface area (Å²) in [6, 6.07) is 2.56. The highest BCUT2D eigenvalue weighted by molar-refractivity contribution is 5.94. The van der Waals surface area contributed by atoms with Crippen LogP contribution in [0, 0.1) is 11.6 Å². The maximum Gasteiger partial charge on any atom is 0.254 e. The van der Waals surface area contributed by atoms with E-state index in [1.54, 1.807) is 0 Å². The van der Waals surface area contributed by atoms with Crippen molar-refractivity contribution in [1.82, 2.24) is 5.32 Å². The number of halogens is 2. The van der Waals surface area contributed by atoms with E-state index >= 15 is 0 Å². The van der Waals surface area contributed by atoms with Crippen molar-refractivity contribution in [2.75, 3.05) is 6.54 Å². The van der Waals surface area contributed by atoms with Gasteiger partial charge in [-0.05, 0) is 18.2 Å². The molecule has 0 saturated carbocycles. The van der Waals surface area contributed by atoms with Gasteiger partial charge in [-0.25, -0.2) is 8.78 Å². The number of amides is 1. The lowest BCUT2D eigenvalue weighted by atomic mass is 10.2. The molecule has 0 fully saturated rings. The first kappa shape index (κ1) is 11.2. The largest absolute Gasteiger partial charge is 0.511 e. The van der Waals surface area contributed by atoms with Gasteiger partial charge in [0.2, 0.25) is 0 Å². The van der Waals surface area contributed by atoms with Gasteiger partial charge in [0, 0.05) is 0 Å². The minimum atomic E-state index is -0.822. The van der Waals surface area contributed by atoms with E-state index in [0.717, 1.165) is 18.2 Å². The van der Waals surface area contributed by atoms with Gasteiger partial charge in [0.15, 0.2) is 0 Å². The lowest BCUT2D eigenvalue weighted by molar-refractivity contribution is 0.0948. The number of aliphatic hydroxyl groups is 1. The minimum absolute atomic E-state index is 0.200. The average molecular weight is 213 g/mol. The van der Waals surface area contributed by atoms with Crippen molar-refractivity contribution < 1.29 is 18.7 Å². The minimum Gasteiger partial charge on any atom is -0.511 e. The number of hydrogen-bond donors (Lipinski definition) is 2. The van der Waals surface area contributed by atoms with Crippen molar-refractivity contribution in [3.8, 4) is 0 Å². The summed E-state index contributed by atoms with van der Waals surface area (Å²) >= 11 is 0. The standard InChI is InChI=1S/C10H9F2NO2/c1-6(14)5-13-10(15)8-4-7(11)2-3-9(8)12/h2-4,14H,1,5H2,(H,13,15). The molecular weight excluding hydrogens is 204 g/mol. The maximum absolute atomic E-state index is 13.0. The molecule has 1 aromatic rings. The third-order valence-electron chi connectivity index (χ3n) is 1.63. The van der Waals surface area contributed by atoms with Crippen molar-refractivity contribution in [2.24, 2.45) is 0 Å². The first-order valence-electron chi connectivity index (χ1n) is 4.10. The van der Waals surface area contributed by atoms with Crippen LogP contribution in [0.5, 0.6) is 0 Å².